The number of nitrogen functional groups attached to an aromatic ring is 1. The van der Waals surface area contributed by atoms with E-state index in [1.54, 1.807) is 6.92 Å². The highest BCUT2D eigenvalue weighted by Gasteiger charge is 2.25. The SMILES string of the molecule is CCOC(=O)CC(O)C(O)c1ccc(N)c(F)c1Cl. The lowest BCUT2D eigenvalue weighted by Crippen LogP contribution is -2.23. The molecule has 0 aliphatic carbocycles. The highest BCUT2D eigenvalue weighted by molar-refractivity contribution is 6.31. The Morgan fingerprint density at radius 2 is 2.16 bits per heavy atom. The van der Waals surface area contributed by atoms with Crippen molar-refractivity contribution in [3.8, 4) is 0 Å². The Kier molecular flexibility index (Phi) is 5.53. The fourth-order valence-electron chi connectivity index (χ4n) is 1.52. The highest BCUT2D eigenvalue weighted by atomic mass is 35.5. The van der Waals surface area contributed by atoms with Crippen LogP contribution in [0.25, 0.3) is 0 Å². The van der Waals surface area contributed by atoms with Crippen molar-refractivity contribution in [2.24, 2.45) is 0 Å². The average molecular weight is 292 g/mol. The van der Waals surface area contributed by atoms with Crippen molar-refractivity contribution < 1.29 is 24.1 Å². The van der Waals surface area contributed by atoms with Crippen LogP contribution in [-0.2, 0) is 9.53 Å². The zero-order valence-electron chi connectivity index (χ0n) is 10.3. The number of carbonyl (C=O) groups excluding carboxylic acids is 1. The third-order valence-electron chi connectivity index (χ3n) is 2.51. The molecular formula is C12H15ClFNO4. The Bertz CT molecular complexity index is 469. The van der Waals surface area contributed by atoms with Crippen LogP contribution in [0, 0.1) is 5.82 Å². The first-order valence-corrected chi connectivity index (χ1v) is 6.01. The predicted molar refractivity (Wildman–Crippen MR) is 68.0 cm³/mol. The molecule has 7 heteroatoms. The maximum absolute atomic E-state index is 13.5. The van der Waals surface area contributed by atoms with Gasteiger partial charge in [0.1, 0.15) is 6.10 Å². The van der Waals surface area contributed by atoms with Gasteiger partial charge in [0.2, 0.25) is 0 Å². The van der Waals surface area contributed by atoms with Crippen molar-refractivity contribution in [2.45, 2.75) is 25.6 Å². The summed E-state index contributed by atoms with van der Waals surface area (Å²) in [4.78, 5) is 11.2. The standard InChI is InChI=1S/C12H15ClFNO4/c1-2-19-9(17)5-8(16)12(18)6-3-4-7(15)11(14)10(6)13/h3-4,8,12,16,18H,2,5,15H2,1H3. The fourth-order valence-corrected chi connectivity index (χ4v) is 1.80. The summed E-state index contributed by atoms with van der Waals surface area (Å²) in [5.41, 5.74) is 5.11. The van der Waals surface area contributed by atoms with Crippen LogP contribution in [0.1, 0.15) is 25.0 Å². The molecular weight excluding hydrogens is 277 g/mol. The van der Waals surface area contributed by atoms with Crippen LogP contribution >= 0.6 is 11.6 Å². The predicted octanol–water partition coefficient (Wildman–Crippen LogP) is 1.41. The second kappa shape index (κ2) is 6.70. The number of esters is 1. The topological polar surface area (TPSA) is 92.8 Å². The Balaban J connectivity index is 2.85. The number of rotatable bonds is 5. The summed E-state index contributed by atoms with van der Waals surface area (Å²) in [7, 11) is 0. The number of aliphatic hydroxyl groups is 2. The number of nitrogens with two attached hydrogens (primary N) is 1. The van der Waals surface area contributed by atoms with E-state index in [-0.39, 0.29) is 22.9 Å². The molecule has 2 unspecified atom stereocenters. The molecule has 0 aliphatic rings. The van der Waals surface area contributed by atoms with Gasteiger partial charge in [-0.1, -0.05) is 17.7 Å². The van der Waals surface area contributed by atoms with Crippen molar-refractivity contribution in [1.82, 2.24) is 0 Å². The fraction of sp³-hybridized carbons (Fsp3) is 0.417. The molecule has 2 atom stereocenters. The number of hydrogen-bond donors (Lipinski definition) is 3. The van der Waals surface area contributed by atoms with Gasteiger partial charge in [0.25, 0.3) is 0 Å². The van der Waals surface area contributed by atoms with E-state index in [0.717, 1.165) is 0 Å². The van der Waals surface area contributed by atoms with Crippen molar-refractivity contribution >= 4 is 23.3 Å². The monoisotopic (exact) mass is 291 g/mol. The Labute approximate surface area is 114 Å². The summed E-state index contributed by atoms with van der Waals surface area (Å²) in [6.07, 6.45) is -3.37. The van der Waals surface area contributed by atoms with E-state index >= 15 is 0 Å². The number of benzene rings is 1. The molecule has 19 heavy (non-hydrogen) atoms. The second-order valence-electron chi connectivity index (χ2n) is 3.89. The molecule has 0 saturated carbocycles. The molecule has 0 bridgehead atoms. The summed E-state index contributed by atoms with van der Waals surface area (Å²) >= 11 is 5.69. The van der Waals surface area contributed by atoms with E-state index in [1.165, 1.54) is 12.1 Å². The number of aliphatic hydroxyl groups excluding tert-OH is 2. The van der Waals surface area contributed by atoms with Gasteiger partial charge in [-0.3, -0.25) is 4.79 Å². The first kappa shape index (κ1) is 15.7. The van der Waals surface area contributed by atoms with Gasteiger partial charge in [-0.05, 0) is 13.0 Å². The molecule has 0 aliphatic heterocycles. The molecule has 5 nitrogen and oxygen atoms in total. The molecule has 0 radical (unpaired) electrons. The van der Waals surface area contributed by atoms with E-state index < -0.39 is 30.4 Å². The Morgan fingerprint density at radius 3 is 2.74 bits per heavy atom. The molecule has 106 valence electrons. The minimum atomic E-state index is -1.51. The first-order valence-electron chi connectivity index (χ1n) is 5.63. The van der Waals surface area contributed by atoms with Crippen LogP contribution in [0.3, 0.4) is 0 Å². The summed E-state index contributed by atoms with van der Waals surface area (Å²) < 4.78 is 18.1. The number of halogens is 2. The van der Waals surface area contributed by atoms with Crippen LogP contribution in [0.5, 0.6) is 0 Å². The molecule has 0 aromatic heterocycles. The molecule has 1 rings (SSSR count). The van der Waals surface area contributed by atoms with Crippen LogP contribution in [0.4, 0.5) is 10.1 Å². The summed E-state index contributed by atoms with van der Waals surface area (Å²) in [6, 6.07) is 2.51. The molecule has 1 aromatic rings. The lowest BCUT2D eigenvalue weighted by atomic mass is 10.0. The third kappa shape index (κ3) is 3.79. The van der Waals surface area contributed by atoms with Crippen LogP contribution in [-0.4, -0.2) is 28.9 Å². The number of hydrogen-bond acceptors (Lipinski definition) is 5. The minimum absolute atomic E-state index is 0.0369. The normalized spacial score (nSPS) is 13.9. The van der Waals surface area contributed by atoms with Crippen LogP contribution in [0.15, 0.2) is 12.1 Å². The summed E-state index contributed by atoms with van der Waals surface area (Å²) in [6.45, 7) is 1.78. The largest absolute Gasteiger partial charge is 0.466 e. The van der Waals surface area contributed by atoms with E-state index in [4.69, 9.17) is 17.3 Å². The van der Waals surface area contributed by atoms with E-state index in [1.807, 2.05) is 0 Å². The van der Waals surface area contributed by atoms with Gasteiger partial charge in [0, 0.05) is 5.56 Å². The van der Waals surface area contributed by atoms with Crippen molar-refractivity contribution in [3.63, 3.8) is 0 Å². The van der Waals surface area contributed by atoms with E-state index in [2.05, 4.69) is 4.74 Å². The van der Waals surface area contributed by atoms with Gasteiger partial charge in [-0.15, -0.1) is 0 Å². The summed E-state index contributed by atoms with van der Waals surface area (Å²) in [5, 5.41) is 19.2. The molecule has 0 fully saturated rings. The quantitative estimate of drug-likeness (QED) is 0.563. The molecule has 0 amide bonds. The van der Waals surface area contributed by atoms with Gasteiger partial charge in [0.05, 0.1) is 29.8 Å². The molecule has 1 aromatic carbocycles. The smallest absolute Gasteiger partial charge is 0.308 e. The summed E-state index contributed by atoms with van der Waals surface area (Å²) in [5.74, 6) is -1.54. The second-order valence-corrected chi connectivity index (χ2v) is 4.27. The van der Waals surface area contributed by atoms with E-state index in [0.29, 0.717) is 0 Å². The molecule has 0 spiro atoms. The van der Waals surface area contributed by atoms with E-state index in [9.17, 15) is 19.4 Å². The zero-order valence-corrected chi connectivity index (χ0v) is 11.0. The Hall–Kier alpha value is -1.37. The van der Waals surface area contributed by atoms with Crippen molar-refractivity contribution in [2.75, 3.05) is 12.3 Å². The van der Waals surface area contributed by atoms with Crippen LogP contribution < -0.4 is 5.73 Å². The lowest BCUT2D eigenvalue weighted by molar-refractivity contribution is -0.147. The Morgan fingerprint density at radius 1 is 1.53 bits per heavy atom. The zero-order chi connectivity index (χ0) is 14.6. The van der Waals surface area contributed by atoms with Gasteiger partial charge >= 0.3 is 5.97 Å². The number of anilines is 1. The molecule has 4 N–H and O–H groups in total. The third-order valence-corrected chi connectivity index (χ3v) is 2.89. The molecule has 0 heterocycles. The maximum atomic E-state index is 13.5. The van der Waals surface area contributed by atoms with Crippen molar-refractivity contribution in [1.29, 1.82) is 0 Å². The van der Waals surface area contributed by atoms with Crippen molar-refractivity contribution in [3.05, 3.63) is 28.5 Å². The van der Waals surface area contributed by atoms with Gasteiger partial charge in [0.15, 0.2) is 5.82 Å². The minimum Gasteiger partial charge on any atom is -0.466 e. The highest BCUT2D eigenvalue weighted by Crippen LogP contribution is 2.31. The van der Waals surface area contributed by atoms with Gasteiger partial charge in [-0.2, -0.15) is 0 Å². The van der Waals surface area contributed by atoms with Crippen LogP contribution in [0.2, 0.25) is 5.02 Å². The number of carbonyl (C=O) groups is 1. The lowest BCUT2D eigenvalue weighted by Gasteiger charge is -2.19. The van der Waals surface area contributed by atoms with Gasteiger partial charge in [-0.25, -0.2) is 4.39 Å². The average Bonchev–Trinajstić information content (AvgIpc) is 2.35. The molecule has 0 saturated heterocycles. The first-order chi connectivity index (χ1) is 8.88. The van der Waals surface area contributed by atoms with Gasteiger partial charge < -0.3 is 20.7 Å². The number of ether oxygens (including phenoxy) is 1. The maximum Gasteiger partial charge on any atom is 0.308 e.